The van der Waals surface area contributed by atoms with Crippen LogP contribution in [-0.2, 0) is 9.53 Å². The molecule has 0 aliphatic carbocycles. The second-order valence-corrected chi connectivity index (χ2v) is 4.78. The van der Waals surface area contributed by atoms with E-state index in [1.165, 1.54) is 0 Å². The summed E-state index contributed by atoms with van der Waals surface area (Å²) in [6.45, 7) is 0.978. The molecular formula is C12H13Cl2N3O2. The maximum atomic E-state index is 11.9. The van der Waals surface area contributed by atoms with Gasteiger partial charge in [0, 0.05) is 7.11 Å². The van der Waals surface area contributed by atoms with Gasteiger partial charge in [0.2, 0.25) is 0 Å². The molecule has 1 fully saturated rings. The number of nitrogens with one attached hydrogen (secondary N) is 2. The number of halogens is 2. The maximum absolute atomic E-state index is 11.9. The number of amides is 1. The van der Waals surface area contributed by atoms with Crippen LogP contribution in [0.5, 0.6) is 0 Å². The van der Waals surface area contributed by atoms with Crippen LogP contribution in [0.1, 0.15) is 11.6 Å². The molecule has 1 heterocycles. The van der Waals surface area contributed by atoms with Gasteiger partial charge in [-0.05, 0) is 17.7 Å². The minimum Gasteiger partial charge on any atom is -0.383 e. The number of ether oxygens (including phenoxy) is 1. The van der Waals surface area contributed by atoms with Gasteiger partial charge in [-0.2, -0.15) is 0 Å². The lowest BCUT2D eigenvalue weighted by molar-refractivity contribution is -0.120. The lowest BCUT2D eigenvalue weighted by Crippen LogP contribution is -2.26. The summed E-state index contributed by atoms with van der Waals surface area (Å²) < 4.78 is 4.89. The minimum absolute atomic E-state index is 0.172. The van der Waals surface area contributed by atoms with Crippen molar-refractivity contribution in [2.45, 2.75) is 6.04 Å². The van der Waals surface area contributed by atoms with E-state index in [0.29, 0.717) is 29.2 Å². The number of carbonyl (C=O) groups excluding carboxylic acids is 1. The summed E-state index contributed by atoms with van der Waals surface area (Å²) in [6, 6.07) is 4.58. The van der Waals surface area contributed by atoms with Crippen LogP contribution >= 0.6 is 23.2 Å². The summed E-state index contributed by atoms with van der Waals surface area (Å²) in [5.74, 6) is 0.271. The van der Waals surface area contributed by atoms with Crippen molar-refractivity contribution in [3.8, 4) is 0 Å². The van der Waals surface area contributed by atoms with Crippen LogP contribution < -0.4 is 10.6 Å². The van der Waals surface area contributed by atoms with Crippen LogP contribution in [0.2, 0.25) is 10.0 Å². The predicted octanol–water partition coefficient (Wildman–Crippen LogP) is 1.76. The molecule has 102 valence electrons. The van der Waals surface area contributed by atoms with Crippen molar-refractivity contribution >= 4 is 35.1 Å². The SMILES string of the molecule is COCCN=C1NC(=O)C(c2ccc(Cl)c(Cl)c2)N1. The number of aliphatic imine (C=N–C) groups is 1. The molecule has 1 atom stereocenters. The molecule has 0 spiro atoms. The fourth-order valence-electron chi connectivity index (χ4n) is 1.69. The molecular weight excluding hydrogens is 289 g/mol. The van der Waals surface area contributed by atoms with Crippen molar-refractivity contribution in [3.05, 3.63) is 33.8 Å². The summed E-state index contributed by atoms with van der Waals surface area (Å²) in [5.41, 5.74) is 0.740. The first-order chi connectivity index (χ1) is 9.11. The Morgan fingerprint density at radius 3 is 2.84 bits per heavy atom. The minimum atomic E-state index is -0.504. The van der Waals surface area contributed by atoms with Gasteiger partial charge in [0.15, 0.2) is 5.96 Å². The van der Waals surface area contributed by atoms with Gasteiger partial charge in [0.25, 0.3) is 5.91 Å². The predicted molar refractivity (Wildman–Crippen MR) is 74.7 cm³/mol. The Morgan fingerprint density at radius 2 is 2.16 bits per heavy atom. The molecule has 19 heavy (non-hydrogen) atoms. The summed E-state index contributed by atoms with van der Waals surface area (Å²) in [7, 11) is 1.60. The molecule has 1 amide bonds. The summed E-state index contributed by atoms with van der Waals surface area (Å²) in [5, 5.41) is 6.53. The first-order valence-corrected chi connectivity index (χ1v) is 6.43. The molecule has 0 aromatic heterocycles. The fourth-order valence-corrected chi connectivity index (χ4v) is 1.99. The van der Waals surface area contributed by atoms with Gasteiger partial charge in [-0.1, -0.05) is 29.3 Å². The zero-order valence-electron chi connectivity index (χ0n) is 10.2. The maximum Gasteiger partial charge on any atom is 0.253 e. The molecule has 1 aliphatic rings. The quantitative estimate of drug-likeness (QED) is 0.833. The van der Waals surface area contributed by atoms with Gasteiger partial charge in [0.05, 0.1) is 23.2 Å². The normalized spacial score (nSPS) is 20.5. The van der Waals surface area contributed by atoms with E-state index in [2.05, 4.69) is 15.6 Å². The summed E-state index contributed by atoms with van der Waals surface area (Å²) >= 11 is 11.8. The highest BCUT2D eigenvalue weighted by Crippen LogP contribution is 2.26. The van der Waals surface area contributed by atoms with Crippen molar-refractivity contribution in [2.75, 3.05) is 20.3 Å². The van der Waals surface area contributed by atoms with Crippen molar-refractivity contribution in [1.29, 1.82) is 0 Å². The van der Waals surface area contributed by atoms with Crippen molar-refractivity contribution < 1.29 is 9.53 Å². The van der Waals surface area contributed by atoms with Crippen LogP contribution in [-0.4, -0.2) is 32.1 Å². The Balaban J connectivity index is 2.11. The molecule has 2 N–H and O–H groups in total. The van der Waals surface area contributed by atoms with E-state index in [0.717, 1.165) is 5.56 Å². The third-order valence-electron chi connectivity index (χ3n) is 2.63. The average molecular weight is 302 g/mol. The number of rotatable bonds is 4. The first kappa shape index (κ1) is 14.1. The van der Waals surface area contributed by atoms with Gasteiger partial charge in [-0.15, -0.1) is 0 Å². The third kappa shape index (κ3) is 3.37. The number of methoxy groups -OCH3 is 1. The molecule has 5 nitrogen and oxygen atoms in total. The Morgan fingerprint density at radius 1 is 1.37 bits per heavy atom. The number of benzene rings is 1. The number of hydrogen-bond donors (Lipinski definition) is 2. The second-order valence-electron chi connectivity index (χ2n) is 3.96. The summed E-state index contributed by atoms with van der Waals surface area (Å²) in [4.78, 5) is 16.0. The van der Waals surface area contributed by atoms with Crippen molar-refractivity contribution in [2.24, 2.45) is 4.99 Å². The zero-order chi connectivity index (χ0) is 13.8. The third-order valence-corrected chi connectivity index (χ3v) is 3.37. The highest BCUT2D eigenvalue weighted by atomic mass is 35.5. The highest BCUT2D eigenvalue weighted by Gasteiger charge is 2.29. The van der Waals surface area contributed by atoms with Gasteiger partial charge in [-0.25, -0.2) is 0 Å². The van der Waals surface area contributed by atoms with Crippen molar-refractivity contribution in [1.82, 2.24) is 10.6 Å². The van der Waals surface area contributed by atoms with E-state index in [9.17, 15) is 4.79 Å². The Hall–Kier alpha value is -1.30. The summed E-state index contributed by atoms with van der Waals surface area (Å²) in [6.07, 6.45) is 0. The highest BCUT2D eigenvalue weighted by molar-refractivity contribution is 6.42. The Labute approximate surface area is 120 Å². The first-order valence-electron chi connectivity index (χ1n) is 5.67. The van der Waals surface area contributed by atoms with Crippen LogP contribution in [0.3, 0.4) is 0 Å². The largest absolute Gasteiger partial charge is 0.383 e. The van der Waals surface area contributed by atoms with Gasteiger partial charge < -0.3 is 10.1 Å². The molecule has 0 radical (unpaired) electrons. The van der Waals surface area contributed by atoms with E-state index in [4.69, 9.17) is 27.9 Å². The fraction of sp³-hybridized carbons (Fsp3) is 0.333. The molecule has 7 heteroatoms. The van der Waals surface area contributed by atoms with E-state index in [-0.39, 0.29) is 5.91 Å². The smallest absolute Gasteiger partial charge is 0.253 e. The van der Waals surface area contributed by atoms with E-state index >= 15 is 0 Å². The topological polar surface area (TPSA) is 62.7 Å². The molecule has 1 saturated heterocycles. The number of nitrogens with zero attached hydrogens (tertiary/aromatic N) is 1. The van der Waals surface area contributed by atoms with E-state index in [1.807, 2.05) is 0 Å². The number of carbonyl (C=O) groups is 1. The molecule has 0 bridgehead atoms. The Kier molecular flexibility index (Phi) is 4.63. The van der Waals surface area contributed by atoms with Gasteiger partial charge in [-0.3, -0.25) is 15.1 Å². The monoisotopic (exact) mass is 301 g/mol. The zero-order valence-corrected chi connectivity index (χ0v) is 11.8. The molecule has 1 aliphatic heterocycles. The van der Waals surface area contributed by atoms with Crippen LogP contribution in [0, 0.1) is 0 Å². The number of hydrogen-bond acceptors (Lipinski definition) is 3. The van der Waals surface area contributed by atoms with Crippen LogP contribution in [0.25, 0.3) is 0 Å². The van der Waals surface area contributed by atoms with Crippen LogP contribution in [0.4, 0.5) is 0 Å². The standard InChI is InChI=1S/C12H13Cl2N3O2/c1-19-5-4-15-12-16-10(11(18)17-12)7-2-3-8(13)9(14)6-7/h2-3,6,10H,4-5H2,1H3,(H2,15,16,17,18). The lowest BCUT2D eigenvalue weighted by atomic mass is 10.1. The van der Waals surface area contributed by atoms with Crippen molar-refractivity contribution in [3.63, 3.8) is 0 Å². The molecule has 0 saturated carbocycles. The van der Waals surface area contributed by atoms with E-state index < -0.39 is 6.04 Å². The average Bonchev–Trinajstić information content (AvgIpc) is 2.74. The number of guanidine groups is 1. The second kappa shape index (κ2) is 6.23. The lowest BCUT2D eigenvalue weighted by Gasteiger charge is -2.09. The molecule has 1 unspecified atom stereocenters. The molecule has 1 aromatic carbocycles. The van der Waals surface area contributed by atoms with E-state index in [1.54, 1.807) is 25.3 Å². The van der Waals surface area contributed by atoms with Gasteiger partial charge in [0.1, 0.15) is 6.04 Å². The van der Waals surface area contributed by atoms with Crippen LogP contribution in [0.15, 0.2) is 23.2 Å². The molecule has 1 aromatic rings. The van der Waals surface area contributed by atoms with Gasteiger partial charge >= 0.3 is 0 Å². The Bertz CT molecular complexity index is 520. The molecule has 2 rings (SSSR count).